The van der Waals surface area contributed by atoms with Crippen LogP contribution < -0.4 is 4.74 Å². The van der Waals surface area contributed by atoms with Crippen LogP contribution in [0.15, 0.2) is 24.3 Å². The molecule has 0 radical (unpaired) electrons. The van der Waals surface area contributed by atoms with Gasteiger partial charge in [0.1, 0.15) is 5.75 Å². The first kappa shape index (κ1) is 12.6. The maximum Gasteiger partial charge on any atom is 0.311 e. The van der Waals surface area contributed by atoms with Gasteiger partial charge in [0.2, 0.25) is 0 Å². The van der Waals surface area contributed by atoms with Crippen molar-refractivity contribution in [2.45, 2.75) is 32.1 Å². The summed E-state index contributed by atoms with van der Waals surface area (Å²) >= 11 is 0. The van der Waals surface area contributed by atoms with Crippen LogP contribution in [0.4, 0.5) is 0 Å². The maximum atomic E-state index is 11.2. The van der Waals surface area contributed by atoms with Crippen molar-refractivity contribution in [2.24, 2.45) is 0 Å². The van der Waals surface area contributed by atoms with Crippen molar-refractivity contribution < 1.29 is 14.6 Å². The first-order chi connectivity index (χ1) is 7.70. The topological polar surface area (TPSA) is 46.5 Å². The van der Waals surface area contributed by atoms with Crippen LogP contribution in [0.25, 0.3) is 0 Å². The number of ether oxygens (including phenoxy) is 1. The van der Waals surface area contributed by atoms with E-state index in [-0.39, 0.29) is 0 Å². The molecular weight excluding hydrogens is 204 g/mol. The average Bonchev–Trinajstić information content (AvgIpc) is 2.29. The van der Waals surface area contributed by atoms with Gasteiger partial charge in [-0.15, -0.1) is 0 Å². The van der Waals surface area contributed by atoms with Gasteiger partial charge < -0.3 is 9.84 Å². The van der Waals surface area contributed by atoms with Gasteiger partial charge >= 0.3 is 5.97 Å². The fourth-order valence-corrected chi connectivity index (χ4v) is 1.77. The second kappa shape index (κ2) is 6.16. The van der Waals surface area contributed by atoms with Crippen LogP contribution in [0.2, 0.25) is 0 Å². The molecule has 3 nitrogen and oxygen atoms in total. The van der Waals surface area contributed by atoms with E-state index in [4.69, 9.17) is 4.74 Å². The van der Waals surface area contributed by atoms with Crippen molar-refractivity contribution >= 4 is 5.97 Å². The summed E-state index contributed by atoms with van der Waals surface area (Å²) < 4.78 is 5.19. The molecule has 1 rings (SSSR count). The van der Waals surface area contributed by atoms with E-state index in [1.165, 1.54) is 0 Å². The fourth-order valence-electron chi connectivity index (χ4n) is 1.77. The molecule has 0 aliphatic heterocycles. The Morgan fingerprint density at radius 3 is 2.69 bits per heavy atom. The molecule has 0 bridgehead atoms. The lowest BCUT2D eigenvalue weighted by atomic mass is 9.93. The molecule has 16 heavy (non-hydrogen) atoms. The monoisotopic (exact) mass is 222 g/mol. The van der Waals surface area contributed by atoms with Crippen molar-refractivity contribution in [3.05, 3.63) is 29.8 Å². The zero-order valence-electron chi connectivity index (χ0n) is 9.77. The summed E-state index contributed by atoms with van der Waals surface area (Å²) in [6.45, 7) is 2.06. The highest BCUT2D eigenvalue weighted by Gasteiger charge is 2.22. The van der Waals surface area contributed by atoms with Crippen LogP contribution in [-0.2, 0) is 4.79 Å². The number of methoxy groups -OCH3 is 1. The van der Waals surface area contributed by atoms with Crippen molar-refractivity contribution in [3.63, 3.8) is 0 Å². The van der Waals surface area contributed by atoms with E-state index in [0.29, 0.717) is 12.2 Å². The van der Waals surface area contributed by atoms with Gasteiger partial charge in [-0.1, -0.05) is 38.0 Å². The highest BCUT2D eigenvalue weighted by atomic mass is 16.5. The fraction of sp³-hybridized carbons (Fsp3) is 0.462. The summed E-state index contributed by atoms with van der Waals surface area (Å²) in [5.74, 6) is -0.583. The van der Waals surface area contributed by atoms with Crippen molar-refractivity contribution in [3.8, 4) is 5.75 Å². The van der Waals surface area contributed by atoms with Crippen LogP contribution in [0.1, 0.15) is 37.7 Å². The number of carboxylic acid groups (broad SMARTS) is 1. The third-order valence-electron chi connectivity index (χ3n) is 2.66. The Balaban J connectivity index is 2.95. The minimum atomic E-state index is -0.780. The number of rotatable bonds is 6. The van der Waals surface area contributed by atoms with Gasteiger partial charge in [-0.05, 0) is 12.5 Å². The molecule has 0 aliphatic carbocycles. The summed E-state index contributed by atoms with van der Waals surface area (Å²) in [5, 5.41) is 9.22. The average molecular weight is 222 g/mol. The second-order valence-electron chi connectivity index (χ2n) is 3.78. The largest absolute Gasteiger partial charge is 0.496 e. The first-order valence-electron chi connectivity index (χ1n) is 5.56. The van der Waals surface area contributed by atoms with E-state index in [2.05, 4.69) is 6.92 Å². The number of unbranched alkanes of at least 4 members (excludes halogenated alkanes) is 1. The number of hydrogen-bond donors (Lipinski definition) is 1. The molecule has 0 heterocycles. The van der Waals surface area contributed by atoms with Crippen molar-refractivity contribution in [2.75, 3.05) is 7.11 Å². The molecule has 1 aromatic carbocycles. The van der Waals surface area contributed by atoms with Crippen LogP contribution >= 0.6 is 0 Å². The van der Waals surface area contributed by atoms with E-state index in [9.17, 15) is 9.90 Å². The number of benzene rings is 1. The van der Waals surface area contributed by atoms with Crippen LogP contribution in [0.3, 0.4) is 0 Å². The zero-order chi connectivity index (χ0) is 12.0. The van der Waals surface area contributed by atoms with Crippen LogP contribution in [0, 0.1) is 0 Å². The third kappa shape index (κ3) is 2.99. The smallest absolute Gasteiger partial charge is 0.311 e. The lowest BCUT2D eigenvalue weighted by molar-refractivity contribution is -0.139. The van der Waals surface area contributed by atoms with E-state index >= 15 is 0 Å². The second-order valence-corrected chi connectivity index (χ2v) is 3.78. The van der Waals surface area contributed by atoms with Gasteiger partial charge in [0.15, 0.2) is 0 Å². The molecule has 1 N–H and O–H groups in total. The summed E-state index contributed by atoms with van der Waals surface area (Å²) in [6.07, 6.45) is 2.57. The molecule has 0 fully saturated rings. The highest BCUT2D eigenvalue weighted by molar-refractivity contribution is 5.77. The molecule has 1 unspecified atom stereocenters. The summed E-state index contributed by atoms with van der Waals surface area (Å²) in [7, 11) is 1.57. The minimum Gasteiger partial charge on any atom is -0.496 e. The predicted octanol–water partition coefficient (Wildman–Crippen LogP) is 3.05. The van der Waals surface area contributed by atoms with E-state index in [1.807, 2.05) is 18.2 Å². The lowest BCUT2D eigenvalue weighted by Gasteiger charge is -2.15. The molecule has 0 spiro atoms. The number of carbonyl (C=O) groups is 1. The molecule has 0 aromatic heterocycles. The molecule has 3 heteroatoms. The van der Waals surface area contributed by atoms with Crippen molar-refractivity contribution in [1.82, 2.24) is 0 Å². The minimum absolute atomic E-state index is 0.462. The first-order valence-corrected chi connectivity index (χ1v) is 5.56. The highest BCUT2D eigenvalue weighted by Crippen LogP contribution is 2.30. The van der Waals surface area contributed by atoms with Crippen LogP contribution in [0.5, 0.6) is 5.75 Å². The van der Waals surface area contributed by atoms with Gasteiger partial charge in [-0.3, -0.25) is 4.79 Å². The lowest BCUT2D eigenvalue weighted by Crippen LogP contribution is -2.12. The maximum absolute atomic E-state index is 11.2. The predicted molar refractivity (Wildman–Crippen MR) is 62.9 cm³/mol. The molecule has 88 valence electrons. The number of hydrogen-bond acceptors (Lipinski definition) is 2. The van der Waals surface area contributed by atoms with Crippen molar-refractivity contribution in [1.29, 1.82) is 0 Å². The summed E-state index contributed by atoms with van der Waals surface area (Å²) in [5.41, 5.74) is 0.769. The van der Waals surface area contributed by atoms with E-state index in [0.717, 1.165) is 18.4 Å². The molecule has 1 atom stereocenters. The standard InChI is InChI=1S/C13H18O3/c1-3-4-7-11(13(14)15)10-8-5-6-9-12(10)16-2/h5-6,8-9,11H,3-4,7H2,1-2H3,(H,14,15). The number of aliphatic carboxylic acids is 1. The Hall–Kier alpha value is -1.51. The summed E-state index contributed by atoms with van der Waals surface area (Å²) in [4.78, 5) is 11.2. The normalized spacial score (nSPS) is 12.1. The number of para-hydroxylation sites is 1. The van der Waals surface area contributed by atoms with Gasteiger partial charge in [-0.25, -0.2) is 0 Å². The molecule has 0 saturated carbocycles. The van der Waals surface area contributed by atoms with Gasteiger partial charge in [0.05, 0.1) is 13.0 Å². The van der Waals surface area contributed by atoms with Gasteiger partial charge in [0, 0.05) is 5.56 Å². The summed E-state index contributed by atoms with van der Waals surface area (Å²) in [6, 6.07) is 7.32. The van der Waals surface area contributed by atoms with Crippen LogP contribution in [-0.4, -0.2) is 18.2 Å². The molecule has 0 aliphatic rings. The Morgan fingerprint density at radius 2 is 2.12 bits per heavy atom. The SMILES string of the molecule is CCCCC(C(=O)O)c1ccccc1OC. The Kier molecular flexibility index (Phi) is 4.83. The molecule has 0 saturated heterocycles. The van der Waals surface area contributed by atoms with Gasteiger partial charge in [-0.2, -0.15) is 0 Å². The molecule has 0 amide bonds. The molecular formula is C13H18O3. The Labute approximate surface area is 96.1 Å². The zero-order valence-corrected chi connectivity index (χ0v) is 9.77. The number of carboxylic acids is 1. The quantitative estimate of drug-likeness (QED) is 0.804. The van der Waals surface area contributed by atoms with Gasteiger partial charge in [0.25, 0.3) is 0 Å². The Bertz CT molecular complexity index is 347. The van der Waals surface area contributed by atoms with E-state index in [1.54, 1.807) is 13.2 Å². The third-order valence-corrected chi connectivity index (χ3v) is 2.66. The Morgan fingerprint density at radius 1 is 1.44 bits per heavy atom. The van der Waals surface area contributed by atoms with E-state index < -0.39 is 11.9 Å². The molecule has 1 aromatic rings.